The number of alkyl halides is 3. The SMILES string of the molecule is CC(=O)NC(C)(C)/C=C/n1ncc(C(=O)O)c1C(F)(F)F. The number of carbonyl (C=O) groups excluding carboxylic acids is 1. The molecule has 1 aromatic rings. The number of carboxylic acid groups (broad SMARTS) is 1. The van der Waals surface area contributed by atoms with E-state index in [2.05, 4.69) is 10.4 Å². The third-order valence-electron chi connectivity index (χ3n) is 2.42. The summed E-state index contributed by atoms with van der Waals surface area (Å²) in [7, 11) is 0. The smallest absolute Gasteiger partial charge is 0.434 e. The fourth-order valence-corrected chi connectivity index (χ4v) is 1.67. The zero-order valence-corrected chi connectivity index (χ0v) is 11.5. The largest absolute Gasteiger partial charge is 0.478 e. The van der Waals surface area contributed by atoms with Gasteiger partial charge in [-0.05, 0) is 19.9 Å². The Kier molecular flexibility index (Phi) is 4.45. The van der Waals surface area contributed by atoms with E-state index in [1.165, 1.54) is 13.0 Å². The van der Waals surface area contributed by atoms with E-state index in [0.717, 1.165) is 6.20 Å². The molecule has 0 aliphatic heterocycles. The van der Waals surface area contributed by atoms with Crippen LogP contribution in [-0.4, -0.2) is 32.3 Å². The van der Waals surface area contributed by atoms with Gasteiger partial charge in [0.2, 0.25) is 5.91 Å². The predicted molar refractivity (Wildman–Crippen MR) is 67.4 cm³/mol. The molecule has 1 heterocycles. The van der Waals surface area contributed by atoms with E-state index >= 15 is 0 Å². The number of hydrogen-bond donors (Lipinski definition) is 2. The first-order chi connectivity index (χ1) is 9.44. The highest BCUT2D eigenvalue weighted by atomic mass is 19.4. The minimum absolute atomic E-state index is 0.354. The van der Waals surface area contributed by atoms with Crippen molar-refractivity contribution < 1.29 is 27.9 Å². The molecule has 0 bridgehead atoms. The number of rotatable bonds is 4. The quantitative estimate of drug-likeness (QED) is 0.891. The Morgan fingerprint density at radius 1 is 1.38 bits per heavy atom. The fourth-order valence-electron chi connectivity index (χ4n) is 1.67. The van der Waals surface area contributed by atoms with E-state index in [0.29, 0.717) is 10.9 Å². The first-order valence-corrected chi connectivity index (χ1v) is 5.80. The van der Waals surface area contributed by atoms with Gasteiger partial charge in [-0.15, -0.1) is 0 Å². The number of halogens is 3. The van der Waals surface area contributed by atoms with Gasteiger partial charge in [0, 0.05) is 13.1 Å². The van der Waals surface area contributed by atoms with Crippen LogP contribution in [0.25, 0.3) is 6.20 Å². The molecule has 0 unspecified atom stereocenters. The first kappa shape index (κ1) is 16.7. The average Bonchev–Trinajstić information content (AvgIpc) is 2.67. The van der Waals surface area contributed by atoms with Gasteiger partial charge in [-0.25, -0.2) is 9.48 Å². The molecule has 2 N–H and O–H groups in total. The van der Waals surface area contributed by atoms with Crippen molar-refractivity contribution in [3.63, 3.8) is 0 Å². The summed E-state index contributed by atoms with van der Waals surface area (Å²) in [5, 5.41) is 14.7. The zero-order valence-electron chi connectivity index (χ0n) is 11.5. The van der Waals surface area contributed by atoms with Crippen molar-refractivity contribution in [2.45, 2.75) is 32.5 Å². The van der Waals surface area contributed by atoms with E-state index in [-0.39, 0.29) is 5.91 Å². The molecule has 0 saturated heterocycles. The van der Waals surface area contributed by atoms with Crippen LogP contribution in [0, 0.1) is 0 Å². The van der Waals surface area contributed by atoms with Crippen LogP contribution in [0.4, 0.5) is 13.2 Å². The summed E-state index contributed by atoms with van der Waals surface area (Å²) >= 11 is 0. The molecule has 1 amide bonds. The third kappa shape index (κ3) is 4.33. The molecular formula is C12H14F3N3O3. The highest BCUT2D eigenvalue weighted by Crippen LogP contribution is 2.32. The molecular weight excluding hydrogens is 291 g/mol. The predicted octanol–water partition coefficient (Wildman–Crippen LogP) is 1.99. The summed E-state index contributed by atoms with van der Waals surface area (Å²) < 4.78 is 39.1. The molecule has 0 fully saturated rings. The summed E-state index contributed by atoms with van der Waals surface area (Å²) in [5.74, 6) is -2.07. The van der Waals surface area contributed by atoms with Crippen molar-refractivity contribution in [3.8, 4) is 0 Å². The lowest BCUT2D eigenvalue weighted by molar-refractivity contribution is -0.143. The van der Waals surface area contributed by atoms with Crippen molar-refractivity contribution in [3.05, 3.63) is 23.5 Å². The topological polar surface area (TPSA) is 84.2 Å². The van der Waals surface area contributed by atoms with Crippen molar-refractivity contribution in [1.82, 2.24) is 15.1 Å². The second-order valence-corrected chi connectivity index (χ2v) is 4.87. The van der Waals surface area contributed by atoms with E-state index < -0.39 is 28.9 Å². The maximum atomic E-state index is 12.9. The molecule has 116 valence electrons. The monoisotopic (exact) mass is 305 g/mol. The van der Waals surface area contributed by atoms with Gasteiger partial charge in [0.05, 0.1) is 11.7 Å². The van der Waals surface area contributed by atoms with E-state index in [9.17, 15) is 22.8 Å². The van der Waals surface area contributed by atoms with Gasteiger partial charge in [-0.2, -0.15) is 18.3 Å². The van der Waals surface area contributed by atoms with Crippen LogP contribution in [-0.2, 0) is 11.0 Å². The van der Waals surface area contributed by atoms with E-state index in [4.69, 9.17) is 5.11 Å². The lowest BCUT2D eigenvalue weighted by atomic mass is 10.1. The minimum atomic E-state index is -4.87. The van der Waals surface area contributed by atoms with Crippen LogP contribution in [0.3, 0.4) is 0 Å². The number of amides is 1. The van der Waals surface area contributed by atoms with Crippen LogP contribution in [0.5, 0.6) is 0 Å². The van der Waals surface area contributed by atoms with Gasteiger partial charge in [0.25, 0.3) is 0 Å². The van der Waals surface area contributed by atoms with Gasteiger partial charge >= 0.3 is 12.1 Å². The normalized spacial score (nSPS) is 12.7. The van der Waals surface area contributed by atoms with Crippen LogP contribution in [0.15, 0.2) is 12.3 Å². The molecule has 6 nitrogen and oxygen atoms in total. The molecule has 9 heteroatoms. The third-order valence-corrected chi connectivity index (χ3v) is 2.42. The minimum Gasteiger partial charge on any atom is -0.478 e. The molecule has 0 atom stereocenters. The molecule has 0 spiro atoms. The number of hydrogen-bond acceptors (Lipinski definition) is 3. The molecule has 0 aromatic carbocycles. The number of carboxylic acids is 1. The zero-order chi connectivity index (χ0) is 16.4. The van der Waals surface area contributed by atoms with Gasteiger partial charge < -0.3 is 10.4 Å². The Labute approximate surface area is 118 Å². The van der Waals surface area contributed by atoms with Crippen LogP contribution in [0.1, 0.15) is 36.8 Å². The van der Waals surface area contributed by atoms with Crippen molar-refractivity contribution in [2.75, 3.05) is 0 Å². The van der Waals surface area contributed by atoms with Crippen molar-refractivity contribution >= 4 is 18.1 Å². The number of aromatic nitrogens is 2. The first-order valence-electron chi connectivity index (χ1n) is 5.80. The lowest BCUT2D eigenvalue weighted by Crippen LogP contribution is -2.40. The summed E-state index contributed by atoms with van der Waals surface area (Å²) in [6.07, 6.45) is -2.00. The summed E-state index contributed by atoms with van der Waals surface area (Å²) in [6.45, 7) is 4.41. The summed E-state index contributed by atoms with van der Waals surface area (Å²) in [4.78, 5) is 21.8. The summed E-state index contributed by atoms with van der Waals surface area (Å²) in [5.41, 5.74) is -3.24. The Morgan fingerprint density at radius 3 is 2.38 bits per heavy atom. The number of nitrogens with one attached hydrogen (secondary N) is 1. The number of carbonyl (C=O) groups is 2. The number of aromatic carboxylic acids is 1. The van der Waals surface area contributed by atoms with Crippen molar-refractivity contribution in [1.29, 1.82) is 0 Å². The molecule has 0 radical (unpaired) electrons. The van der Waals surface area contributed by atoms with Crippen molar-refractivity contribution in [2.24, 2.45) is 0 Å². The second kappa shape index (κ2) is 5.58. The Bertz CT molecular complexity index is 588. The Hall–Kier alpha value is -2.32. The Balaban J connectivity index is 3.21. The highest BCUT2D eigenvalue weighted by molar-refractivity contribution is 5.89. The fraction of sp³-hybridized carbons (Fsp3) is 0.417. The molecule has 1 aromatic heterocycles. The standard InChI is InChI=1S/C12H14F3N3O3/c1-7(19)17-11(2,3)4-5-18-9(12(13,14)15)8(6-16-18)10(20)21/h4-6H,1-3H3,(H,17,19)(H,20,21)/b5-4+. The van der Waals surface area contributed by atoms with Gasteiger partial charge in [0.1, 0.15) is 5.56 Å². The van der Waals surface area contributed by atoms with Crippen LogP contribution < -0.4 is 5.32 Å². The van der Waals surface area contributed by atoms with Gasteiger partial charge in [-0.3, -0.25) is 4.79 Å². The second-order valence-electron chi connectivity index (χ2n) is 4.87. The van der Waals surface area contributed by atoms with Crippen LogP contribution in [0.2, 0.25) is 0 Å². The highest BCUT2D eigenvalue weighted by Gasteiger charge is 2.40. The van der Waals surface area contributed by atoms with E-state index in [1.807, 2.05) is 0 Å². The molecule has 0 saturated carbocycles. The molecule has 1 rings (SSSR count). The molecule has 0 aliphatic carbocycles. The average molecular weight is 305 g/mol. The lowest BCUT2D eigenvalue weighted by Gasteiger charge is -2.21. The Morgan fingerprint density at radius 2 is 1.95 bits per heavy atom. The van der Waals surface area contributed by atoms with Crippen LogP contribution >= 0.6 is 0 Å². The maximum absolute atomic E-state index is 12.9. The summed E-state index contributed by atoms with van der Waals surface area (Å²) in [6, 6.07) is 0. The molecule has 0 aliphatic rings. The molecule has 21 heavy (non-hydrogen) atoms. The number of nitrogens with zero attached hydrogens (tertiary/aromatic N) is 2. The maximum Gasteiger partial charge on any atom is 0.434 e. The van der Waals surface area contributed by atoms with Gasteiger partial charge in [-0.1, -0.05) is 0 Å². The van der Waals surface area contributed by atoms with E-state index in [1.54, 1.807) is 13.8 Å². The van der Waals surface area contributed by atoms with Gasteiger partial charge in [0.15, 0.2) is 5.69 Å².